The lowest BCUT2D eigenvalue weighted by Crippen LogP contribution is -2.38. The maximum absolute atomic E-state index is 13.6. The van der Waals surface area contributed by atoms with Gasteiger partial charge in [-0.15, -0.1) is 0 Å². The van der Waals surface area contributed by atoms with E-state index in [1.165, 1.54) is 13.1 Å². The van der Waals surface area contributed by atoms with Crippen LogP contribution in [0.5, 0.6) is 11.6 Å². The number of pyridine rings is 1. The first-order chi connectivity index (χ1) is 14.0. The summed E-state index contributed by atoms with van der Waals surface area (Å²) in [6.07, 6.45) is -3.71. The number of H-pyrrole nitrogens is 1. The molecule has 156 valence electrons. The number of carbonyl (C=O) groups excluding carboxylic acids is 1. The molecule has 10 nitrogen and oxygen atoms in total. The van der Waals surface area contributed by atoms with Crippen LogP contribution >= 0.6 is 0 Å². The molecule has 2 aromatic heterocycles. The molecule has 13 heteroatoms. The molecule has 1 aromatic carbocycles. The first-order valence-electron chi connectivity index (χ1n) is 8.11. The minimum atomic E-state index is -4.79. The fourth-order valence-corrected chi connectivity index (χ4v) is 2.60. The third-order valence-corrected chi connectivity index (χ3v) is 4.07. The highest BCUT2D eigenvalue weighted by Crippen LogP contribution is 2.39. The Hall–Kier alpha value is -4.16. The van der Waals surface area contributed by atoms with Gasteiger partial charge in [0.05, 0.1) is 22.1 Å². The van der Waals surface area contributed by atoms with Gasteiger partial charge in [-0.05, 0) is 12.1 Å². The Morgan fingerprint density at radius 1 is 1.33 bits per heavy atom. The normalized spacial score (nSPS) is 11.3. The number of amides is 1. The van der Waals surface area contributed by atoms with Crippen molar-refractivity contribution < 1.29 is 27.6 Å². The molecule has 0 saturated heterocycles. The van der Waals surface area contributed by atoms with Crippen LogP contribution in [0.1, 0.15) is 16.1 Å². The van der Waals surface area contributed by atoms with Crippen LogP contribution in [0.4, 0.5) is 18.9 Å². The summed E-state index contributed by atoms with van der Waals surface area (Å²) in [5.41, 5.74) is 3.48. The van der Waals surface area contributed by atoms with Crippen LogP contribution in [-0.4, -0.2) is 38.7 Å². The first-order valence-corrected chi connectivity index (χ1v) is 8.11. The van der Waals surface area contributed by atoms with E-state index in [0.717, 1.165) is 29.3 Å². The van der Waals surface area contributed by atoms with Gasteiger partial charge in [0.1, 0.15) is 11.4 Å². The van der Waals surface area contributed by atoms with E-state index in [1.807, 2.05) is 0 Å². The molecular formula is C17H13F3N6O4. The summed E-state index contributed by atoms with van der Waals surface area (Å²) in [4.78, 5) is 29.5. The number of carbonyl (C=O) groups is 1. The minimum absolute atomic E-state index is 0.0782. The van der Waals surface area contributed by atoms with E-state index in [9.17, 15) is 28.1 Å². The van der Waals surface area contributed by atoms with Crippen LogP contribution in [0.2, 0.25) is 0 Å². The lowest BCUT2D eigenvalue weighted by molar-refractivity contribution is -0.385. The Morgan fingerprint density at radius 3 is 2.63 bits per heavy atom. The number of nitro groups is 1. The van der Waals surface area contributed by atoms with Gasteiger partial charge in [0, 0.05) is 30.8 Å². The number of benzene rings is 1. The second-order valence-corrected chi connectivity index (χ2v) is 6.07. The monoisotopic (exact) mass is 422 g/mol. The van der Waals surface area contributed by atoms with E-state index < -0.39 is 28.5 Å². The van der Waals surface area contributed by atoms with Crippen LogP contribution in [0.3, 0.4) is 0 Å². The Balaban J connectivity index is 2.09. The second-order valence-electron chi connectivity index (χ2n) is 6.07. The van der Waals surface area contributed by atoms with Crippen molar-refractivity contribution in [2.24, 2.45) is 5.73 Å². The molecule has 3 aromatic rings. The van der Waals surface area contributed by atoms with Gasteiger partial charge in [0.2, 0.25) is 5.88 Å². The Kier molecular flexibility index (Phi) is 5.04. The number of ether oxygens (including phenoxy) is 1. The fraction of sp³-hybridized carbons (Fsp3) is 0.118. The molecule has 30 heavy (non-hydrogen) atoms. The predicted octanol–water partition coefficient (Wildman–Crippen LogP) is 3.25. The number of halogens is 3. The van der Waals surface area contributed by atoms with Gasteiger partial charge in [-0.3, -0.25) is 25.2 Å². The minimum Gasteiger partial charge on any atom is -0.439 e. The molecule has 0 aliphatic carbocycles. The smallest absolute Gasteiger partial charge is 0.417 e. The van der Waals surface area contributed by atoms with Crippen LogP contribution in [0.25, 0.3) is 10.9 Å². The molecule has 2 heterocycles. The van der Waals surface area contributed by atoms with Crippen molar-refractivity contribution in [2.45, 2.75) is 6.18 Å². The van der Waals surface area contributed by atoms with Gasteiger partial charge < -0.3 is 15.5 Å². The van der Waals surface area contributed by atoms with Crippen LogP contribution in [-0.2, 0) is 6.18 Å². The quantitative estimate of drug-likeness (QED) is 0.254. The van der Waals surface area contributed by atoms with Crippen LogP contribution in [0.15, 0.2) is 36.5 Å². The number of hydrogen-bond acceptors (Lipinski definition) is 6. The standard InChI is InChI=1S/C17H13F3N6O4/c1-25(16(21)22)15(27)13-7-10-11(17(18,19)20)5-9(6-12(10)24-13)30-14-4-8(26(28)29)2-3-23-14/h2-7,24H,1H3,(H3,21,22). The number of guanidine groups is 1. The van der Waals surface area contributed by atoms with E-state index in [1.54, 1.807) is 0 Å². The molecule has 3 rings (SSSR count). The number of nitrogens with two attached hydrogens (primary N) is 1. The highest BCUT2D eigenvalue weighted by Gasteiger charge is 2.34. The van der Waals surface area contributed by atoms with Crippen molar-refractivity contribution in [3.63, 3.8) is 0 Å². The number of alkyl halides is 3. The summed E-state index contributed by atoms with van der Waals surface area (Å²) >= 11 is 0. The molecule has 0 unspecified atom stereocenters. The number of rotatable bonds is 4. The highest BCUT2D eigenvalue weighted by atomic mass is 19.4. The fourth-order valence-electron chi connectivity index (χ4n) is 2.60. The Morgan fingerprint density at radius 2 is 2.03 bits per heavy atom. The summed E-state index contributed by atoms with van der Waals surface area (Å²) in [6.45, 7) is 0. The SMILES string of the molecule is CN(C(=N)N)C(=O)c1cc2c(C(F)(F)F)cc(Oc3cc([N+](=O)[O-])ccn3)cc2[nH]1. The molecule has 0 fully saturated rings. The largest absolute Gasteiger partial charge is 0.439 e. The van der Waals surface area contributed by atoms with Crippen LogP contribution < -0.4 is 10.5 Å². The molecule has 4 N–H and O–H groups in total. The van der Waals surface area contributed by atoms with E-state index in [4.69, 9.17) is 15.9 Å². The van der Waals surface area contributed by atoms with Gasteiger partial charge >= 0.3 is 6.18 Å². The molecule has 0 aliphatic rings. The third kappa shape index (κ3) is 3.99. The van der Waals surface area contributed by atoms with E-state index in [-0.39, 0.29) is 33.9 Å². The average molecular weight is 422 g/mol. The molecule has 0 bridgehead atoms. The van der Waals surface area contributed by atoms with Crippen molar-refractivity contribution in [2.75, 3.05) is 7.05 Å². The van der Waals surface area contributed by atoms with E-state index in [0.29, 0.717) is 6.07 Å². The van der Waals surface area contributed by atoms with Gasteiger partial charge in [-0.25, -0.2) is 4.98 Å². The zero-order valence-electron chi connectivity index (χ0n) is 15.1. The van der Waals surface area contributed by atoms with Crippen molar-refractivity contribution in [1.82, 2.24) is 14.9 Å². The van der Waals surface area contributed by atoms with Gasteiger partial charge in [-0.2, -0.15) is 13.2 Å². The lowest BCUT2D eigenvalue weighted by Gasteiger charge is -2.12. The highest BCUT2D eigenvalue weighted by molar-refractivity contribution is 6.06. The summed E-state index contributed by atoms with van der Waals surface area (Å²) < 4.78 is 46.0. The number of hydrogen-bond donors (Lipinski definition) is 3. The second kappa shape index (κ2) is 7.35. The number of aromatic nitrogens is 2. The Bertz CT molecular complexity index is 1170. The van der Waals surface area contributed by atoms with Crippen molar-refractivity contribution in [1.29, 1.82) is 5.41 Å². The molecule has 0 saturated carbocycles. The lowest BCUT2D eigenvalue weighted by atomic mass is 10.1. The Labute approximate surface area is 165 Å². The van der Waals surface area contributed by atoms with E-state index >= 15 is 0 Å². The molecule has 0 radical (unpaired) electrons. The van der Waals surface area contributed by atoms with Crippen LogP contribution in [0, 0.1) is 15.5 Å². The van der Waals surface area contributed by atoms with Gasteiger partial charge in [-0.1, -0.05) is 0 Å². The zero-order chi connectivity index (χ0) is 22.2. The maximum Gasteiger partial charge on any atom is 0.417 e. The van der Waals surface area contributed by atoms with E-state index in [2.05, 4.69) is 9.97 Å². The average Bonchev–Trinajstić information content (AvgIpc) is 3.09. The molecular weight excluding hydrogens is 409 g/mol. The number of fused-ring (bicyclic) bond motifs is 1. The topological polar surface area (TPSA) is 151 Å². The summed E-state index contributed by atoms with van der Waals surface area (Å²) in [7, 11) is 1.20. The van der Waals surface area contributed by atoms with Gasteiger partial charge in [0.15, 0.2) is 5.96 Å². The van der Waals surface area contributed by atoms with Crippen molar-refractivity contribution >= 4 is 28.5 Å². The molecule has 1 amide bonds. The molecule has 0 atom stereocenters. The summed E-state index contributed by atoms with van der Waals surface area (Å²) in [6, 6.07) is 4.94. The van der Waals surface area contributed by atoms with Crippen molar-refractivity contribution in [3.8, 4) is 11.6 Å². The number of nitrogens with one attached hydrogen (secondary N) is 2. The number of nitrogens with zero attached hydrogens (tertiary/aromatic N) is 3. The number of aromatic amines is 1. The third-order valence-electron chi connectivity index (χ3n) is 4.07. The predicted molar refractivity (Wildman–Crippen MR) is 98.3 cm³/mol. The van der Waals surface area contributed by atoms with Crippen molar-refractivity contribution in [3.05, 3.63) is 57.9 Å². The summed E-state index contributed by atoms with van der Waals surface area (Å²) in [5.74, 6) is -1.98. The van der Waals surface area contributed by atoms with Gasteiger partial charge in [0.25, 0.3) is 11.6 Å². The molecule has 0 spiro atoms. The first kappa shape index (κ1) is 20.6. The zero-order valence-corrected chi connectivity index (χ0v) is 15.1. The summed E-state index contributed by atoms with van der Waals surface area (Å²) in [5, 5.41) is 17.8. The maximum atomic E-state index is 13.6. The molecule has 0 aliphatic heterocycles.